The number of alkyl halides is 1. The lowest BCUT2D eigenvalue weighted by Crippen LogP contribution is -2.50. The van der Waals surface area contributed by atoms with Gasteiger partial charge in [-0.3, -0.25) is 9.36 Å². The number of nitrogens with zero attached hydrogens (tertiary/aromatic N) is 4. The van der Waals surface area contributed by atoms with E-state index < -0.39 is 12.2 Å². The average molecular weight is 468 g/mol. The van der Waals surface area contributed by atoms with Crippen molar-refractivity contribution in [2.45, 2.75) is 48.2 Å². The highest BCUT2D eigenvalue weighted by molar-refractivity contribution is 7.99. The largest absolute Gasteiger partial charge is 0.382 e. The van der Waals surface area contributed by atoms with Gasteiger partial charge in [0.1, 0.15) is 22.7 Å². The Kier molecular flexibility index (Phi) is 5.82. The minimum atomic E-state index is -0.963. The number of hydrogen-bond acceptors (Lipinski definition) is 8. The molecule has 2 fully saturated rings. The first kappa shape index (κ1) is 22.2. The second kappa shape index (κ2) is 8.14. The Morgan fingerprint density at radius 1 is 1.29 bits per heavy atom. The first-order valence-corrected chi connectivity index (χ1v) is 11.4. The number of anilines is 3. The molecule has 0 aromatic carbocycles. The van der Waals surface area contributed by atoms with Crippen LogP contribution in [-0.4, -0.2) is 39.8 Å². The van der Waals surface area contributed by atoms with E-state index in [0.29, 0.717) is 23.9 Å². The lowest BCUT2D eigenvalue weighted by atomic mass is 9.74. The normalized spacial score (nSPS) is 25.3. The van der Waals surface area contributed by atoms with Crippen LogP contribution in [0.3, 0.4) is 0 Å². The molecule has 31 heavy (non-hydrogen) atoms. The molecule has 0 amide bonds. The molecule has 6 N–H and O–H groups in total. The van der Waals surface area contributed by atoms with Gasteiger partial charge < -0.3 is 22.1 Å². The fraction of sp³-hybridized carbons (Fsp3) is 0.550. The van der Waals surface area contributed by atoms with Crippen LogP contribution in [0.4, 0.5) is 22.0 Å². The summed E-state index contributed by atoms with van der Waals surface area (Å²) < 4.78 is 15.9. The molecular formula is C20H27ClFN7OS. The van der Waals surface area contributed by atoms with Crippen LogP contribution >= 0.6 is 23.4 Å². The molecule has 11 heteroatoms. The molecule has 3 atom stereocenters. The van der Waals surface area contributed by atoms with Crippen LogP contribution < -0.4 is 27.7 Å². The Labute approximate surface area is 189 Å². The number of nitrogen functional groups attached to an aromatic ring is 2. The number of pyridine rings is 1. The molecular weight excluding hydrogens is 441 g/mol. The van der Waals surface area contributed by atoms with Gasteiger partial charge in [-0.15, -0.1) is 0 Å². The molecule has 0 unspecified atom stereocenters. The molecule has 1 aliphatic heterocycles. The maximum absolute atomic E-state index is 14.4. The van der Waals surface area contributed by atoms with Gasteiger partial charge in [0.05, 0.1) is 5.02 Å². The summed E-state index contributed by atoms with van der Waals surface area (Å²) in [5.41, 5.74) is 17.7. The Hall–Kier alpha value is -2.04. The van der Waals surface area contributed by atoms with Crippen molar-refractivity contribution in [3.05, 3.63) is 27.6 Å². The van der Waals surface area contributed by atoms with E-state index >= 15 is 0 Å². The van der Waals surface area contributed by atoms with Crippen molar-refractivity contribution in [2.24, 2.45) is 24.1 Å². The second-order valence-electron chi connectivity index (χ2n) is 8.60. The number of rotatable bonds is 3. The average Bonchev–Trinajstić information content (AvgIpc) is 2.95. The monoisotopic (exact) mass is 467 g/mol. The smallest absolute Gasteiger partial charge is 0.270 e. The van der Waals surface area contributed by atoms with Gasteiger partial charge in [-0.1, -0.05) is 30.3 Å². The Bertz CT molecular complexity index is 1060. The van der Waals surface area contributed by atoms with Crippen LogP contribution in [0.5, 0.6) is 0 Å². The number of piperidine rings is 1. The van der Waals surface area contributed by atoms with Crippen LogP contribution in [0.2, 0.25) is 5.02 Å². The molecule has 1 saturated heterocycles. The summed E-state index contributed by atoms with van der Waals surface area (Å²) in [6.07, 6.45) is 2.87. The predicted molar refractivity (Wildman–Crippen MR) is 122 cm³/mol. The fourth-order valence-electron chi connectivity index (χ4n) is 4.87. The topological polar surface area (TPSA) is 129 Å². The lowest BCUT2D eigenvalue weighted by molar-refractivity contribution is 0.166. The van der Waals surface area contributed by atoms with Gasteiger partial charge in [-0.25, -0.2) is 9.37 Å². The number of nitrogens with two attached hydrogens (primary N) is 3. The summed E-state index contributed by atoms with van der Waals surface area (Å²) in [5.74, 6) is 0.789. The molecule has 3 heterocycles. The zero-order chi connectivity index (χ0) is 22.5. The van der Waals surface area contributed by atoms with Crippen LogP contribution in [0, 0.1) is 11.3 Å². The van der Waals surface area contributed by atoms with Crippen molar-refractivity contribution in [1.82, 2.24) is 14.5 Å². The number of hydrogen-bond donors (Lipinski definition) is 3. The highest BCUT2D eigenvalue weighted by Gasteiger charge is 2.51. The molecule has 4 rings (SSSR count). The molecule has 168 valence electrons. The van der Waals surface area contributed by atoms with E-state index in [4.69, 9.17) is 28.8 Å². The van der Waals surface area contributed by atoms with Crippen LogP contribution in [0.15, 0.2) is 26.8 Å². The van der Waals surface area contributed by atoms with Crippen molar-refractivity contribution >= 4 is 40.9 Å². The van der Waals surface area contributed by atoms with Crippen molar-refractivity contribution in [3.8, 4) is 0 Å². The van der Waals surface area contributed by atoms with Gasteiger partial charge in [-0.2, -0.15) is 4.98 Å². The molecule has 2 aromatic rings. The van der Waals surface area contributed by atoms with E-state index in [1.807, 2.05) is 11.8 Å². The molecule has 1 saturated carbocycles. The highest BCUT2D eigenvalue weighted by Crippen LogP contribution is 2.49. The number of aromatic nitrogens is 3. The van der Waals surface area contributed by atoms with Gasteiger partial charge in [0.25, 0.3) is 5.56 Å². The summed E-state index contributed by atoms with van der Waals surface area (Å²) in [7, 11) is 1.67. The summed E-state index contributed by atoms with van der Waals surface area (Å²) in [6.45, 7) is 3.22. The molecule has 8 nitrogen and oxygen atoms in total. The molecule has 1 spiro atoms. The van der Waals surface area contributed by atoms with E-state index in [1.165, 1.54) is 10.8 Å². The molecule has 0 radical (unpaired) electrons. The van der Waals surface area contributed by atoms with Crippen LogP contribution in [0.25, 0.3) is 0 Å². The second-order valence-corrected chi connectivity index (χ2v) is 10.0. The van der Waals surface area contributed by atoms with Gasteiger partial charge >= 0.3 is 0 Å². The van der Waals surface area contributed by atoms with Gasteiger partial charge in [0.2, 0.25) is 5.95 Å². The SMILES string of the molecule is C[C@@H]1CC2(CCN(c3nc(N)c(Sc4ccnc(N)c4Cl)c(=O)n3C)CC2)[C@H](N)[C@@H]1F. The molecule has 2 aromatic heterocycles. The Balaban J connectivity index is 1.57. The van der Waals surface area contributed by atoms with E-state index in [-0.39, 0.29) is 38.4 Å². The predicted octanol–water partition coefficient (Wildman–Crippen LogP) is 2.44. The van der Waals surface area contributed by atoms with Crippen LogP contribution in [-0.2, 0) is 7.05 Å². The summed E-state index contributed by atoms with van der Waals surface area (Å²) >= 11 is 7.33. The van der Waals surface area contributed by atoms with Gasteiger partial charge in [0, 0.05) is 37.3 Å². The third-order valence-corrected chi connectivity index (χ3v) is 8.37. The summed E-state index contributed by atoms with van der Waals surface area (Å²) in [5, 5.41) is 0.271. The molecule has 1 aliphatic carbocycles. The van der Waals surface area contributed by atoms with Gasteiger partial charge in [0.15, 0.2) is 0 Å². The lowest BCUT2D eigenvalue weighted by Gasteiger charge is -2.42. The fourth-order valence-corrected chi connectivity index (χ4v) is 6.01. The zero-order valence-electron chi connectivity index (χ0n) is 17.5. The Morgan fingerprint density at radius 3 is 2.58 bits per heavy atom. The maximum Gasteiger partial charge on any atom is 0.270 e. The van der Waals surface area contributed by atoms with E-state index in [9.17, 15) is 9.18 Å². The molecule has 2 aliphatic rings. The first-order chi connectivity index (χ1) is 14.6. The minimum Gasteiger partial charge on any atom is -0.382 e. The van der Waals surface area contributed by atoms with Crippen molar-refractivity contribution < 1.29 is 4.39 Å². The van der Waals surface area contributed by atoms with Crippen molar-refractivity contribution in [1.29, 1.82) is 0 Å². The van der Waals surface area contributed by atoms with Crippen molar-refractivity contribution in [2.75, 3.05) is 29.5 Å². The standard InChI is InChI=1S/C20H27ClFN7OS/c1-10-9-20(15(23)13(10)22)4-7-29(8-5-20)19-27-17(25)14(18(30)28(19)2)31-11-3-6-26-16(24)12(11)21/h3,6,10,13,15H,4-5,7-9,23,25H2,1-2H3,(H2,24,26)/t10-,13-,15-/m1/s1. The third-order valence-electron chi connectivity index (χ3n) is 6.71. The maximum atomic E-state index is 14.4. The van der Waals surface area contributed by atoms with E-state index in [2.05, 4.69) is 9.97 Å². The quantitative estimate of drug-likeness (QED) is 0.627. The van der Waals surface area contributed by atoms with E-state index in [0.717, 1.165) is 31.0 Å². The molecule has 0 bridgehead atoms. The van der Waals surface area contributed by atoms with E-state index in [1.54, 1.807) is 13.1 Å². The van der Waals surface area contributed by atoms with Gasteiger partial charge in [-0.05, 0) is 36.7 Å². The summed E-state index contributed by atoms with van der Waals surface area (Å²) in [4.78, 5) is 24.4. The Morgan fingerprint density at radius 2 is 1.97 bits per heavy atom. The zero-order valence-corrected chi connectivity index (χ0v) is 19.1. The highest BCUT2D eigenvalue weighted by atomic mass is 35.5. The number of halogens is 2. The third kappa shape index (κ3) is 3.74. The van der Waals surface area contributed by atoms with Crippen molar-refractivity contribution in [3.63, 3.8) is 0 Å². The summed E-state index contributed by atoms with van der Waals surface area (Å²) in [6, 6.07) is 1.23. The van der Waals surface area contributed by atoms with Crippen LogP contribution in [0.1, 0.15) is 26.2 Å². The minimum absolute atomic E-state index is 0.0231. The first-order valence-electron chi connectivity index (χ1n) is 10.2.